The Balaban J connectivity index is 1.28. The minimum absolute atomic E-state index is 0.0722. The standard InChI is InChI=1S/C27H32FN3O6/c1-2-36-24-15-21(7-10-23(24)28)30-26(34)29-20-6-5-19-16-31(12-11-18(19)14-20)27(35)37-22-8-3-17(4-9-22)13-25(32)33/h5-7,10,14-15,17,22H,2-4,8-9,11-13,16H2,1H3,(H,32,33)(H2,29,30,34). The smallest absolute Gasteiger partial charge is 0.410 e. The van der Waals surface area contributed by atoms with Gasteiger partial charge in [0.05, 0.1) is 6.61 Å². The van der Waals surface area contributed by atoms with E-state index in [1.54, 1.807) is 17.9 Å². The number of ether oxygens (including phenoxy) is 2. The number of carboxylic acid groups (broad SMARTS) is 1. The molecule has 1 aliphatic heterocycles. The molecule has 1 heterocycles. The summed E-state index contributed by atoms with van der Waals surface area (Å²) in [6.07, 6.45) is 3.17. The van der Waals surface area contributed by atoms with E-state index in [1.165, 1.54) is 18.2 Å². The van der Waals surface area contributed by atoms with Crippen LogP contribution in [0.15, 0.2) is 36.4 Å². The third-order valence-electron chi connectivity index (χ3n) is 6.75. The quantitative estimate of drug-likeness (QED) is 0.457. The molecular weight excluding hydrogens is 481 g/mol. The van der Waals surface area contributed by atoms with Crippen molar-refractivity contribution in [2.45, 2.75) is 58.1 Å². The van der Waals surface area contributed by atoms with Crippen LogP contribution in [-0.2, 0) is 22.5 Å². The lowest BCUT2D eigenvalue weighted by Gasteiger charge is -2.32. The van der Waals surface area contributed by atoms with E-state index < -0.39 is 17.8 Å². The van der Waals surface area contributed by atoms with Crippen molar-refractivity contribution in [3.63, 3.8) is 0 Å². The lowest BCUT2D eigenvalue weighted by molar-refractivity contribution is -0.138. The highest BCUT2D eigenvalue weighted by molar-refractivity contribution is 5.99. The third kappa shape index (κ3) is 7.12. The number of urea groups is 1. The maximum atomic E-state index is 13.7. The maximum absolute atomic E-state index is 13.7. The lowest BCUT2D eigenvalue weighted by atomic mass is 9.85. The molecule has 0 bridgehead atoms. The predicted molar refractivity (Wildman–Crippen MR) is 135 cm³/mol. The summed E-state index contributed by atoms with van der Waals surface area (Å²) in [6, 6.07) is 9.20. The fourth-order valence-corrected chi connectivity index (χ4v) is 4.85. The summed E-state index contributed by atoms with van der Waals surface area (Å²) in [6.45, 7) is 2.99. The summed E-state index contributed by atoms with van der Waals surface area (Å²) in [5, 5.41) is 14.4. The molecule has 0 radical (unpaired) electrons. The first-order chi connectivity index (χ1) is 17.8. The SMILES string of the molecule is CCOc1cc(NC(=O)Nc2ccc3c(c2)CCN(C(=O)OC2CCC(CC(=O)O)CC2)C3)ccc1F. The summed E-state index contributed by atoms with van der Waals surface area (Å²) >= 11 is 0. The minimum Gasteiger partial charge on any atom is -0.491 e. The number of hydrogen-bond acceptors (Lipinski definition) is 5. The molecule has 1 fully saturated rings. The van der Waals surface area contributed by atoms with Crippen molar-refractivity contribution in [2.75, 3.05) is 23.8 Å². The van der Waals surface area contributed by atoms with Gasteiger partial charge in [0.2, 0.25) is 0 Å². The number of carbonyl (C=O) groups is 3. The highest BCUT2D eigenvalue weighted by atomic mass is 19.1. The van der Waals surface area contributed by atoms with Gasteiger partial charge in [0.15, 0.2) is 11.6 Å². The molecule has 198 valence electrons. The predicted octanol–water partition coefficient (Wildman–Crippen LogP) is 5.40. The van der Waals surface area contributed by atoms with E-state index in [2.05, 4.69) is 10.6 Å². The number of amides is 3. The molecule has 9 nitrogen and oxygen atoms in total. The molecule has 3 N–H and O–H groups in total. The number of carboxylic acids is 1. The molecule has 4 rings (SSSR count). The Morgan fingerprint density at radius 3 is 2.43 bits per heavy atom. The van der Waals surface area contributed by atoms with Crippen LogP contribution in [-0.4, -0.2) is 47.4 Å². The van der Waals surface area contributed by atoms with Crippen LogP contribution in [0.1, 0.15) is 50.2 Å². The second-order valence-corrected chi connectivity index (χ2v) is 9.44. The Hall–Kier alpha value is -3.82. The van der Waals surface area contributed by atoms with Crippen molar-refractivity contribution in [3.05, 3.63) is 53.3 Å². The monoisotopic (exact) mass is 513 g/mol. The van der Waals surface area contributed by atoms with Gasteiger partial charge < -0.3 is 30.1 Å². The number of halogens is 1. The van der Waals surface area contributed by atoms with Gasteiger partial charge in [-0.25, -0.2) is 14.0 Å². The molecular formula is C27H32FN3O6. The average molecular weight is 514 g/mol. The number of fused-ring (bicyclic) bond motifs is 1. The first kappa shape index (κ1) is 26.2. The Bertz CT molecular complexity index is 1150. The Labute approximate surface area is 214 Å². The first-order valence-corrected chi connectivity index (χ1v) is 12.6. The lowest BCUT2D eigenvalue weighted by Crippen LogP contribution is -2.39. The van der Waals surface area contributed by atoms with Crippen LogP contribution in [0.4, 0.5) is 25.4 Å². The van der Waals surface area contributed by atoms with Crippen molar-refractivity contribution in [3.8, 4) is 5.75 Å². The van der Waals surface area contributed by atoms with Crippen LogP contribution in [0, 0.1) is 11.7 Å². The number of rotatable bonds is 7. The summed E-state index contributed by atoms with van der Waals surface area (Å²) in [5.41, 5.74) is 3.04. The van der Waals surface area contributed by atoms with Gasteiger partial charge in [0.1, 0.15) is 6.10 Å². The van der Waals surface area contributed by atoms with Gasteiger partial charge in [-0.15, -0.1) is 0 Å². The van der Waals surface area contributed by atoms with Crippen molar-refractivity contribution in [1.82, 2.24) is 4.90 Å². The van der Waals surface area contributed by atoms with Crippen molar-refractivity contribution < 1.29 is 33.4 Å². The zero-order chi connectivity index (χ0) is 26.4. The first-order valence-electron chi connectivity index (χ1n) is 12.6. The largest absolute Gasteiger partial charge is 0.491 e. The zero-order valence-corrected chi connectivity index (χ0v) is 20.8. The van der Waals surface area contributed by atoms with Crippen LogP contribution >= 0.6 is 0 Å². The van der Waals surface area contributed by atoms with Crippen molar-refractivity contribution in [1.29, 1.82) is 0 Å². The van der Waals surface area contributed by atoms with E-state index in [-0.39, 0.29) is 30.3 Å². The summed E-state index contributed by atoms with van der Waals surface area (Å²) in [5.74, 6) is -1.05. The van der Waals surface area contributed by atoms with Gasteiger partial charge in [-0.1, -0.05) is 6.07 Å². The van der Waals surface area contributed by atoms with Crippen LogP contribution < -0.4 is 15.4 Å². The highest BCUT2D eigenvalue weighted by Gasteiger charge is 2.28. The fourth-order valence-electron chi connectivity index (χ4n) is 4.85. The molecule has 2 aromatic rings. The molecule has 37 heavy (non-hydrogen) atoms. The van der Waals surface area contributed by atoms with Gasteiger partial charge >= 0.3 is 18.1 Å². The normalized spacial score (nSPS) is 18.9. The molecule has 3 amide bonds. The topological polar surface area (TPSA) is 117 Å². The van der Waals surface area contributed by atoms with Crippen LogP contribution in [0.25, 0.3) is 0 Å². The fraction of sp³-hybridized carbons (Fsp3) is 0.444. The second kappa shape index (κ2) is 11.9. The van der Waals surface area contributed by atoms with Crippen molar-refractivity contribution >= 4 is 29.5 Å². The van der Waals surface area contributed by atoms with Gasteiger partial charge in [0.25, 0.3) is 0 Å². The Morgan fingerprint density at radius 1 is 1.03 bits per heavy atom. The third-order valence-corrected chi connectivity index (χ3v) is 6.75. The van der Waals surface area contributed by atoms with Crippen LogP contribution in [0.5, 0.6) is 5.75 Å². The summed E-state index contributed by atoms with van der Waals surface area (Å²) < 4.78 is 24.7. The van der Waals surface area contributed by atoms with E-state index in [9.17, 15) is 18.8 Å². The van der Waals surface area contributed by atoms with Gasteiger partial charge in [-0.2, -0.15) is 0 Å². The molecule has 0 saturated heterocycles. The molecule has 0 atom stereocenters. The van der Waals surface area contributed by atoms with E-state index in [1.807, 2.05) is 12.1 Å². The van der Waals surface area contributed by atoms with E-state index >= 15 is 0 Å². The van der Waals surface area contributed by atoms with E-state index in [4.69, 9.17) is 14.6 Å². The summed E-state index contributed by atoms with van der Waals surface area (Å²) in [4.78, 5) is 37.7. The Morgan fingerprint density at radius 2 is 1.73 bits per heavy atom. The number of nitrogens with zero attached hydrogens (tertiary/aromatic N) is 1. The molecule has 2 aromatic carbocycles. The molecule has 10 heteroatoms. The molecule has 1 aliphatic carbocycles. The maximum Gasteiger partial charge on any atom is 0.410 e. The molecule has 1 saturated carbocycles. The van der Waals surface area contributed by atoms with Crippen molar-refractivity contribution in [2.24, 2.45) is 5.92 Å². The molecule has 0 unspecified atom stereocenters. The zero-order valence-electron chi connectivity index (χ0n) is 20.8. The van der Waals surface area contributed by atoms with Gasteiger partial charge in [-0.05, 0) is 80.3 Å². The average Bonchev–Trinajstić information content (AvgIpc) is 2.86. The molecule has 0 spiro atoms. The minimum atomic E-state index is -0.782. The molecule has 2 aliphatic rings. The van der Waals surface area contributed by atoms with E-state index in [0.717, 1.165) is 24.0 Å². The van der Waals surface area contributed by atoms with Gasteiger partial charge in [-0.3, -0.25) is 4.79 Å². The highest BCUT2D eigenvalue weighted by Crippen LogP contribution is 2.30. The van der Waals surface area contributed by atoms with E-state index in [0.29, 0.717) is 50.3 Å². The number of carbonyl (C=O) groups excluding carboxylic acids is 2. The Kier molecular flexibility index (Phi) is 8.47. The number of aliphatic carboxylic acids is 1. The second-order valence-electron chi connectivity index (χ2n) is 9.44. The van der Waals surface area contributed by atoms with Crippen LogP contribution in [0.3, 0.4) is 0 Å². The van der Waals surface area contributed by atoms with Gasteiger partial charge in [0, 0.05) is 37.0 Å². The number of nitrogens with one attached hydrogen (secondary N) is 2. The van der Waals surface area contributed by atoms with Crippen LogP contribution in [0.2, 0.25) is 0 Å². The number of benzene rings is 2. The molecule has 0 aromatic heterocycles. The number of hydrogen-bond donors (Lipinski definition) is 3. The number of anilines is 2. The summed E-state index contributed by atoms with van der Waals surface area (Å²) in [7, 11) is 0.